The van der Waals surface area contributed by atoms with E-state index >= 15 is 0 Å². The van der Waals surface area contributed by atoms with Crippen molar-refractivity contribution in [2.45, 2.75) is 32.0 Å². The topological polar surface area (TPSA) is 41.5 Å². The van der Waals surface area contributed by atoms with Crippen LogP contribution in [0.1, 0.15) is 18.4 Å². The summed E-state index contributed by atoms with van der Waals surface area (Å²) in [5.41, 5.74) is 0.340. The fraction of sp³-hybridized carbons (Fsp3) is 0.600. The summed E-state index contributed by atoms with van der Waals surface area (Å²) in [6, 6.07) is 2.58. The normalized spacial score (nSPS) is 31.4. The smallest absolute Gasteiger partial charge is 0.191 e. The van der Waals surface area contributed by atoms with Gasteiger partial charge in [-0.05, 0) is 56.3 Å². The third-order valence-corrected chi connectivity index (χ3v) is 4.50. The third-order valence-electron chi connectivity index (χ3n) is 4.50. The predicted octanol–water partition coefficient (Wildman–Crippen LogP) is 2.43. The minimum absolute atomic E-state index is 0. The van der Waals surface area contributed by atoms with Gasteiger partial charge < -0.3 is 15.2 Å². The molecule has 21 heavy (non-hydrogen) atoms. The Morgan fingerprint density at radius 1 is 1.19 bits per heavy atom. The molecule has 3 rings (SSSR count). The van der Waals surface area contributed by atoms with Gasteiger partial charge in [-0.2, -0.15) is 0 Å². The van der Waals surface area contributed by atoms with Gasteiger partial charge in [-0.3, -0.25) is 0 Å². The van der Waals surface area contributed by atoms with Crippen molar-refractivity contribution in [3.63, 3.8) is 0 Å². The number of aryl methyl sites for hydroxylation is 1. The molecule has 6 heteroatoms. The zero-order valence-corrected chi connectivity index (χ0v) is 12.6. The van der Waals surface area contributed by atoms with Crippen molar-refractivity contribution in [2.24, 2.45) is 11.8 Å². The summed E-state index contributed by atoms with van der Waals surface area (Å²) in [7, 11) is 0. The second-order valence-corrected chi connectivity index (χ2v) is 5.88. The van der Waals surface area contributed by atoms with Crippen molar-refractivity contribution < 1.29 is 18.6 Å². The van der Waals surface area contributed by atoms with E-state index in [0.717, 1.165) is 13.1 Å². The number of ether oxygens (including phenoxy) is 1. The average Bonchev–Trinajstić information content (AvgIpc) is 2.86. The van der Waals surface area contributed by atoms with Crippen molar-refractivity contribution in [1.29, 1.82) is 0 Å². The van der Waals surface area contributed by atoms with E-state index in [-0.39, 0.29) is 18.2 Å². The van der Waals surface area contributed by atoms with Crippen LogP contribution in [0.25, 0.3) is 0 Å². The van der Waals surface area contributed by atoms with E-state index in [2.05, 4.69) is 5.32 Å². The summed E-state index contributed by atoms with van der Waals surface area (Å²) in [6.07, 6.45) is 0.0423. The van der Waals surface area contributed by atoms with Gasteiger partial charge in [0.1, 0.15) is 6.10 Å². The summed E-state index contributed by atoms with van der Waals surface area (Å²) in [5.74, 6) is -0.898. The van der Waals surface area contributed by atoms with Crippen molar-refractivity contribution in [3.8, 4) is 5.75 Å². The molecule has 1 aromatic carbocycles. The fourth-order valence-corrected chi connectivity index (χ4v) is 3.27. The van der Waals surface area contributed by atoms with E-state index in [4.69, 9.17) is 4.74 Å². The summed E-state index contributed by atoms with van der Waals surface area (Å²) in [6.45, 7) is 3.35. The highest BCUT2D eigenvalue weighted by molar-refractivity contribution is 5.85. The van der Waals surface area contributed by atoms with Crippen LogP contribution in [0.15, 0.2) is 12.1 Å². The van der Waals surface area contributed by atoms with E-state index in [9.17, 15) is 13.9 Å². The number of fused-ring (bicyclic) bond motifs is 1. The summed E-state index contributed by atoms with van der Waals surface area (Å²) in [4.78, 5) is 0. The molecule has 0 bridgehead atoms. The maximum atomic E-state index is 14.0. The Labute approximate surface area is 129 Å². The number of nitrogens with one attached hydrogen (secondary N) is 1. The van der Waals surface area contributed by atoms with Gasteiger partial charge in [0.2, 0.25) is 0 Å². The number of hydrogen-bond acceptors (Lipinski definition) is 3. The second kappa shape index (κ2) is 6.46. The zero-order valence-electron chi connectivity index (χ0n) is 11.8. The lowest BCUT2D eigenvalue weighted by Crippen LogP contribution is -2.42. The van der Waals surface area contributed by atoms with Crippen LogP contribution in [-0.2, 0) is 0 Å². The maximum Gasteiger partial charge on any atom is 0.191 e. The highest BCUT2D eigenvalue weighted by Crippen LogP contribution is 2.36. The molecule has 3 nitrogen and oxygen atoms in total. The highest BCUT2D eigenvalue weighted by atomic mass is 35.5. The minimum atomic E-state index is -0.716. The molecule has 0 radical (unpaired) electrons. The van der Waals surface area contributed by atoms with Gasteiger partial charge in [0.05, 0.1) is 6.10 Å². The van der Waals surface area contributed by atoms with E-state index in [1.165, 1.54) is 12.1 Å². The van der Waals surface area contributed by atoms with Gasteiger partial charge in [0.25, 0.3) is 0 Å². The second-order valence-electron chi connectivity index (χ2n) is 5.88. The lowest BCUT2D eigenvalue weighted by molar-refractivity contribution is -0.0263. The van der Waals surface area contributed by atoms with Crippen LogP contribution in [0.5, 0.6) is 5.75 Å². The Morgan fingerprint density at radius 3 is 2.57 bits per heavy atom. The van der Waals surface area contributed by atoms with E-state index in [1.54, 1.807) is 6.92 Å². The summed E-state index contributed by atoms with van der Waals surface area (Å²) >= 11 is 0. The van der Waals surface area contributed by atoms with Crippen LogP contribution < -0.4 is 10.1 Å². The average molecular weight is 320 g/mol. The third kappa shape index (κ3) is 3.15. The minimum Gasteiger partial charge on any atom is -0.482 e. The SMILES string of the molecule is Cc1ccc(F)c(O[C@@H]2C[C@@H]3CNC[C@@H]3C[C@H]2O)c1F.Cl. The number of rotatable bonds is 2. The number of aliphatic hydroxyl groups is 1. The Hall–Kier alpha value is -0.910. The zero-order chi connectivity index (χ0) is 14.3. The molecule has 0 amide bonds. The monoisotopic (exact) mass is 319 g/mol. The standard InChI is InChI=1S/C15H19F2NO2.ClH/c1-8-2-3-11(16)15(14(8)17)20-13-5-10-7-18-6-9(10)4-12(13)19;/h2-3,9-10,12-13,18-19H,4-7H2,1H3;1H/t9-,10+,12+,13+;/m0./s1. The van der Waals surface area contributed by atoms with Crippen LogP contribution in [0, 0.1) is 30.4 Å². The number of aliphatic hydroxyl groups excluding tert-OH is 1. The summed E-state index contributed by atoms with van der Waals surface area (Å²) < 4.78 is 33.2. The van der Waals surface area contributed by atoms with Gasteiger partial charge in [-0.15, -0.1) is 12.4 Å². The lowest BCUT2D eigenvalue weighted by Gasteiger charge is -2.35. The number of hydrogen-bond donors (Lipinski definition) is 2. The first-order valence-corrected chi connectivity index (χ1v) is 7.06. The Morgan fingerprint density at radius 2 is 1.86 bits per heavy atom. The number of benzene rings is 1. The molecule has 1 aliphatic heterocycles. The van der Waals surface area contributed by atoms with Crippen molar-refractivity contribution in [1.82, 2.24) is 5.32 Å². The van der Waals surface area contributed by atoms with E-state index in [1.807, 2.05) is 0 Å². The first-order valence-electron chi connectivity index (χ1n) is 7.06. The predicted molar refractivity (Wildman–Crippen MR) is 77.8 cm³/mol. The molecule has 1 saturated heterocycles. The van der Waals surface area contributed by atoms with Crippen LogP contribution >= 0.6 is 12.4 Å². The van der Waals surface area contributed by atoms with E-state index in [0.29, 0.717) is 30.2 Å². The molecule has 0 unspecified atom stereocenters. The molecule has 4 atom stereocenters. The van der Waals surface area contributed by atoms with Gasteiger partial charge in [0, 0.05) is 0 Å². The largest absolute Gasteiger partial charge is 0.482 e. The van der Waals surface area contributed by atoms with Crippen molar-refractivity contribution in [2.75, 3.05) is 13.1 Å². The van der Waals surface area contributed by atoms with Gasteiger partial charge in [-0.1, -0.05) is 6.07 Å². The van der Waals surface area contributed by atoms with Crippen LogP contribution in [-0.4, -0.2) is 30.4 Å². The molecule has 1 aromatic rings. The first-order chi connectivity index (χ1) is 9.56. The van der Waals surface area contributed by atoms with Crippen LogP contribution in [0.2, 0.25) is 0 Å². The number of halogens is 3. The molecule has 0 spiro atoms. The van der Waals surface area contributed by atoms with Crippen molar-refractivity contribution >= 4 is 12.4 Å². The van der Waals surface area contributed by atoms with Gasteiger partial charge in [0.15, 0.2) is 17.4 Å². The van der Waals surface area contributed by atoms with Crippen LogP contribution in [0.3, 0.4) is 0 Å². The quantitative estimate of drug-likeness (QED) is 0.880. The molecule has 2 N–H and O–H groups in total. The van der Waals surface area contributed by atoms with Crippen molar-refractivity contribution in [3.05, 3.63) is 29.3 Å². The molecule has 1 heterocycles. The summed E-state index contributed by atoms with van der Waals surface area (Å²) in [5, 5.41) is 13.4. The molecule has 1 aliphatic carbocycles. The Bertz CT molecular complexity index is 515. The Kier molecular flexibility index (Phi) is 5.07. The van der Waals surface area contributed by atoms with Gasteiger partial charge in [-0.25, -0.2) is 8.78 Å². The highest BCUT2D eigenvalue weighted by Gasteiger charge is 2.40. The molecular formula is C15H20ClF2NO2. The molecule has 1 saturated carbocycles. The molecule has 2 fully saturated rings. The van der Waals surface area contributed by atoms with E-state index < -0.39 is 23.8 Å². The molecule has 118 valence electrons. The maximum absolute atomic E-state index is 14.0. The molecule has 2 aliphatic rings. The lowest BCUT2D eigenvalue weighted by atomic mass is 9.78. The van der Waals surface area contributed by atoms with Crippen LogP contribution in [0.4, 0.5) is 8.78 Å². The Balaban J connectivity index is 0.00000161. The fourth-order valence-electron chi connectivity index (χ4n) is 3.27. The molecule has 0 aromatic heterocycles. The molecular weight excluding hydrogens is 300 g/mol. The first kappa shape index (κ1) is 16.5. The van der Waals surface area contributed by atoms with Gasteiger partial charge >= 0.3 is 0 Å².